The number of anilines is 1. The number of urea groups is 1. The molecule has 0 aliphatic carbocycles. The van der Waals surface area contributed by atoms with Gasteiger partial charge in [-0.15, -0.1) is 0 Å². The van der Waals surface area contributed by atoms with Gasteiger partial charge in [0.1, 0.15) is 17.0 Å². The highest BCUT2D eigenvalue weighted by Crippen LogP contribution is 2.37. The summed E-state index contributed by atoms with van der Waals surface area (Å²) in [5.74, 6) is -0.257. The van der Waals surface area contributed by atoms with Crippen LogP contribution in [0.4, 0.5) is 20.2 Å². The Balaban J connectivity index is 1.12. The molecule has 3 atom stereocenters. The number of fused-ring (bicyclic) bond motifs is 2. The second-order valence-electron chi connectivity index (χ2n) is 14.3. The Labute approximate surface area is 279 Å². The Kier molecular flexibility index (Phi) is 9.99. The number of piperidine rings is 1. The monoisotopic (exact) mass is 666 g/mol. The molecule has 0 radical (unpaired) electrons. The van der Waals surface area contributed by atoms with Crippen molar-refractivity contribution in [3.05, 3.63) is 52.6 Å². The topological polar surface area (TPSA) is 178 Å². The molecule has 1 unspecified atom stereocenters. The lowest BCUT2D eigenvalue weighted by molar-refractivity contribution is -0.138. The third-order valence-corrected chi connectivity index (χ3v) is 9.03. The van der Waals surface area contributed by atoms with E-state index in [1.54, 1.807) is 12.3 Å². The molecule has 1 aromatic carbocycles. The maximum atomic E-state index is 12.9. The van der Waals surface area contributed by atoms with Gasteiger partial charge in [-0.05, 0) is 84.1 Å². The summed E-state index contributed by atoms with van der Waals surface area (Å²) < 4.78 is 6.86. The molecule has 3 aliphatic heterocycles. The van der Waals surface area contributed by atoms with Crippen LogP contribution in [0, 0.1) is 0 Å². The van der Waals surface area contributed by atoms with E-state index in [1.165, 1.54) is 28.2 Å². The van der Waals surface area contributed by atoms with Crippen molar-refractivity contribution in [1.29, 1.82) is 0 Å². The summed E-state index contributed by atoms with van der Waals surface area (Å²) in [4.78, 5) is 71.4. The van der Waals surface area contributed by atoms with E-state index >= 15 is 0 Å². The average molecular weight is 667 g/mol. The number of carboxylic acid groups (broad SMARTS) is 1. The first-order chi connectivity index (χ1) is 22.6. The van der Waals surface area contributed by atoms with Gasteiger partial charge >= 0.3 is 23.9 Å². The van der Waals surface area contributed by atoms with Crippen LogP contribution in [0.2, 0.25) is 0 Å². The first kappa shape index (κ1) is 34.7. The largest absolute Gasteiger partial charge is 0.465 e. The highest BCUT2D eigenvalue weighted by Gasteiger charge is 2.41. The number of carbonyl (C=O) groups is 4. The fourth-order valence-electron chi connectivity index (χ4n) is 6.78. The number of amides is 5. The van der Waals surface area contributed by atoms with E-state index in [1.807, 2.05) is 45.0 Å². The second-order valence-corrected chi connectivity index (χ2v) is 14.3. The van der Waals surface area contributed by atoms with Gasteiger partial charge in [0.05, 0.1) is 5.69 Å². The predicted octanol–water partition coefficient (Wildman–Crippen LogP) is 2.97. The molecule has 2 bridgehead atoms. The lowest BCUT2D eigenvalue weighted by Gasteiger charge is -2.39. The number of alkyl carbamates (subject to hydrolysis) is 1. The number of ether oxygens (including phenoxy) is 1. The van der Waals surface area contributed by atoms with Crippen LogP contribution in [-0.4, -0.2) is 109 Å². The van der Waals surface area contributed by atoms with Gasteiger partial charge in [0, 0.05) is 57.0 Å². The van der Waals surface area contributed by atoms with E-state index in [-0.39, 0.29) is 50.0 Å². The van der Waals surface area contributed by atoms with Crippen LogP contribution in [-0.2, 0) is 16.1 Å². The van der Waals surface area contributed by atoms with E-state index in [2.05, 4.69) is 25.8 Å². The van der Waals surface area contributed by atoms with Gasteiger partial charge in [-0.2, -0.15) is 4.98 Å². The molecular weight excluding hydrogens is 620 g/mol. The smallest absolute Gasteiger partial charge is 0.407 e. The number of carbonyl (C=O) groups excluding carboxylic acids is 3. The standard InChI is InChI=1S/C33H46N8O7/c1-32(2,3)48-31(47)34-22-18-24-10-11-25(19-22)41(24)20-21-6-8-23(9-7-21)40-13-12-26(36-29(40)44)35-28(43)39-16-14-38(15-17-39)27(42)33(4,5)37-30(45)46/h6-9,12-13,22,24-25,37H,10-11,14-20H2,1-5H3,(H,34,47)(H,45,46)(H,35,36,43,44)/t22?,24-,25+. The summed E-state index contributed by atoms with van der Waals surface area (Å²) >= 11 is 0. The van der Waals surface area contributed by atoms with E-state index in [4.69, 9.17) is 9.84 Å². The SMILES string of the molecule is CC(C)(C)OC(=O)NC1C[C@H]2CC[C@@H](C1)N2Cc1ccc(-n2ccc(NC(=O)N3CCN(C(=O)C(C)(C)NC(=O)O)CC3)nc2=O)cc1. The Hall–Kier alpha value is -4.66. The highest BCUT2D eigenvalue weighted by molar-refractivity contribution is 5.90. The summed E-state index contributed by atoms with van der Waals surface area (Å²) in [5.41, 5.74) is -0.575. The number of hydrogen-bond acceptors (Lipinski definition) is 8. The first-order valence-electron chi connectivity index (χ1n) is 16.4. The second kappa shape index (κ2) is 13.8. The van der Waals surface area contributed by atoms with Crippen molar-refractivity contribution in [2.24, 2.45) is 0 Å². The van der Waals surface area contributed by atoms with E-state index in [9.17, 15) is 24.0 Å². The minimum absolute atomic E-state index is 0.103. The van der Waals surface area contributed by atoms with Crippen LogP contribution in [0.25, 0.3) is 5.69 Å². The van der Waals surface area contributed by atoms with Gasteiger partial charge in [0.2, 0.25) is 5.91 Å². The highest BCUT2D eigenvalue weighted by atomic mass is 16.6. The molecule has 5 amide bonds. The number of rotatable bonds is 7. The van der Waals surface area contributed by atoms with E-state index < -0.39 is 29.0 Å². The van der Waals surface area contributed by atoms with Crippen molar-refractivity contribution in [3.8, 4) is 5.69 Å². The molecular formula is C33H46N8O7. The van der Waals surface area contributed by atoms with Crippen molar-refractivity contribution < 1.29 is 29.0 Å². The zero-order valence-corrected chi connectivity index (χ0v) is 28.2. The maximum Gasteiger partial charge on any atom is 0.407 e. The number of nitrogens with zero attached hydrogens (tertiary/aromatic N) is 5. The zero-order valence-electron chi connectivity index (χ0n) is 28.2. The normalized spacial score (nSPS) is 21.4. The Morgan fingerprint density at radius 1 is 0.917 bits per heavy atom. The number of piperazine rings is 1. The summed E-state index contributed by atoms with van der Waals surface area (Å²) in [7, 11) is 0. The molecule has 0 saturated carbocycles. The van der Waals surface area contributed by atoms with Gasteiger partial charge < -0.3 is 30.3 Å². The molecule has 5 rings (SSSR count). The molecule has 4 heterocycles. The molecule has 15 heteroatoms. The lowest BCUT2D eigenvalue weighted by Crippen LogP contribution is -2.60. The summed E-state index contributed by atoms with van der Waals surface area (Å²) in [6.07, 6.45) is 3.88. The van der Waals surface area contributed by atoms with Gasteiger partial charge in [-0.1, -0.05) is 12.1 Å². The van der Waals surface area contributed by atoms with Crippen molar-refractivity contribution >= 4 is 29.9 Å². The average Bonchev–Trinajstić information content (AvgIpc) is 3.22. The van der Waals surface area contributed by atoms with E-state index in [0.29, 0.717) is 17.8 Å². The predicted molar refractivity (Wildman–Crippen MR) is 177 cm³/mol. The Bertz CT molecular complexity index is 1560. The van der Waals surface area contributed by atoms with Gasteiger partial charge in [-0.3, -0.25) is 19.6 Å². The third kappa shape index (κ3) is 8.43. The van der Waals surface area contributed by atoms with Gasteiger partial charge in [0.25, 0.3) is 0 Å². The Morgan fingerprint density at radius 3 is 2.08 bits per heavy atom. The minimum Gasteiger partial charge on any atom is -0.465 e. The number of nitrogens with one attached hydrogen (secondary N) is 3. The molecule has 3 fully saturated rings. The van der Waals surface area contributed by atoms with Crippen LogP contribution in [0.5, 0.6) is 0 Å². The molecule has 48 heavy (non-hydrogen) atoms. The molecule has 1 aromatic heterocycles. The third-order valence-electron chi connectivity index (χ3n) is 9.03. The zero-order chi connectivity index (χ0) is 34.8. The number of benzene rings is 1. The van der Waals surface area contributed by atoms with E-state index in [0.717, 1.165) is 37.8 Å². The van der Waals surface area contributed by atoms with Crippen LogP contribution in [0.15, 0.2) is 41.3 Å². The number of aromatic nitrogens is 2. The van der Waals surface area contributed by atoms with Crippen molar-refractivity contribution in [1.82, 2.24) is 34.9 Å². The minimum atomic E-state index is -1.29. The molecule has 2 aromatic rings. The molecule has 3 aliphatic rings. The van der Waals surface area contributed by atoms with Crippen molar-refractivity contribution in [2.45, 2.75) is 96.1 Å². The molecule has 260 valence electrons. The lowest BCUT2D eigenvalue weighted by atomic mass is 9.96. The molecule has 15 nitrogen and oxygen atoms in total. The van der Waals surface area contributed by atoms with Gasteiger partial charge in [0.15, 0.2) is 0 Å². The Morgan fingerprint density at radius 2 is 1.52 bits per heavy atom. The van der Waals surface area contributed by atoms with Crippen LogP contribution >= 0.6 is 0 Å². The number of hydrogen-bond donors (Lipinski definition) is 4. The van der Waals surface area contributed by atoms with Gasteiger partial charge in [-0.25, -0.2) is 19.2 Å². The van der Waals surface area contributed by atoms with Crippen molar-refractivity contribution in [3.63, 3.8) is 0 Å². The fourth-order valence-corrected chi connectivity index (χ4v) is 6.78. The molecule has 4 N–H and O–H groups in total. The summed E-state index contributed by atoms with van der Waals surface area (Å²) in [5, 5.41) is 16.9. The van der Waals surface area contributed by atoms with Crippen LogP contribution < -0.4 is 21.6 Å². The molecule has 3 saturated heterocycles. The first-order valence-corrected chi connectivity index (χ1v) is 16.4. The van der Waals surface area contributed by atoms with Crippen molar-refractivity contribution in [2.75, 3.05) is 31.5 Å². The quantitative estimate of drug-likeness (QED) is 0.346. The van der Waals surface area contributed by atoms with Crippen LogP contribution in [0.3, 0.4) is 0 Å². The van der Waals surface area contributed by atoms with Crippen LogP contribution in [0.1, 0.15) is 65.9 Å². The summed E-state index contributed by atoms with van der Waals surface area (Å²) in [6.45, 7) is 10.3. The molecule has 0 spiro atoms. The maximum absolute atomic E-state index is 12.9. The fraction of sp³-hybridized carbons (Fsp3) is 0.576. The summed E-state index contributed by atoms with van der Waals surface area (Å²) in [6, 6.07) is 9.75.